The monoisotopic (exact) mass is 346 g/mol. The number of hydrogen-bond donors (Lipinski definition) is 2. The number of rotatable bonds is 8. The number of hydrogen-bond acceptors (Lipinski definition) is 6. The molecule has 8 heteroatoms. The predicted molar refractivity (Wildman–Crippen MR) is 93.0 cm³/mol. The van der Waals surface area contributed by atoms with E-state index in [1.807, 2.05) is 31.2 Å². The maximum Gasteiger partial charge on any atom is 0.319 e. The van der Waals surface area contributed by atoms with Gasteiger partial charge < -0.3 is 24.8 Å². The highest BCUT2D eigenvalue weighted by Crippen LogP contribution is 2.20. The summed E-state index contributed by atoms with van der Waals surface area (Å²) in [4.78, 5) is 20.1. The Kier molecular flexibility index (Phi) is 6.97. The number of urea groups is 1. The van der Waals surface area contributed by atoms with E-state index in [-0.39, 0.29) is 11.9 Å². The molecule has 0 saturated heterocycles. The summed E-state index contributed by atoms with van der Waals surface area (Å²) in [7, 11) is 3.05. The summed E-state index contributed by atoms with van der Waals surface area (Å²) in [6, 6.07) is 6.76. The molecule has 0 aliphatic heterocycles. The van der Waals surface area contributed by atoms with E-state index in [0.717, 1.165) is 11.3 Å². The third-order valence-corrected chi connectivity index (χ3v) is 3.35. The molecule has 0 bridgehead atoms. The maximum atomic E-state index is 12.3. The van der Waals surface area contributed by atoms with Crippen molar-refractivity contribution in [2.45, 2.75) is 13.0 Å². The van der Waals surface area contributed by atoms with Crippen LogP contribution in [-0.2, 0) is 4.74 Å². The van der Waals surface area contributed by atoms with Crippen LogP contribution >= 0.6 is 0 Å². The van der Waals surface area contributed by atoms with Crippen LogP contribution in [0.5, 0.6) is 11.6 Å². The van der Waals surface area contributed by atoms with E-state index in [4.69, 9.17) is 14.2 Å². The molecule has 25 heavy (non-hydrogen) atoms. The second-order valence-electron chi connectivity index (χ2n) is 5.05. The Morgan fingerprint density at radius 3 is 2.64 bits per heavy atom. The van der Waals surface area contributed by atoms with Gasteiger partial charge in [0.15, 0.2) is 0 Å². The third-order valence-electron chi connectivity index (χ3n) is 3.35. The number of benzene rings is 1. The molecule has 134 valence electrons. The molecular weight excluding hydrogens is 324 g/mol. The summed E-state index contributed by atoms with van der Waals surface area (Å²) in [6.07, 6.45) is 2.81. The standard InChI is InChI=1S/C17H22N4O4/c1-4-25-13-7-5-12(6-8-13)15(10-23-2)21-17(22)20-14-9-18-11-19-16(14)24-3/h5-9,11,15H,4,10H2,1-3H3,(H2,20,21,22)/t15-/m1/s1. The molecule has 0 aliphatic carbocycles. The Morgan fingerprint density at radius 1 is 1.24 bits per heavy atom. The van der Waals surface area contributed by atoms with Crippen molar-refractivity contribution in [3.05, 3.63) is 42.4 Å². The van der Waals surface area contributed by atoms with E-state index in [9.17, 15) is 4.79 Å². The first-order chi connectivity index (χ1) is 12.2. The fourth-order valence-electron chi connectivity index (χ4n) is 2.23. The van der Waals surface area contributed by atoms with Crippen molar-refractivity contribution in [1.82, 2.24) is 15.3 Å². The number of aromatic nitrogens is 2. The molecule has 2 N–H and O–H groups in total. The van der Waals surface area contributed by atoms with Crippen LogP contribution in [0.25, 0.3) is 0 Å². The minimum absolute atomic E-state index is 0.287. The third kappa shape index (κ3) is 5.32. The van der Waals surface area contributed by atoms with Gasteiger partial charge in [0.05, 0.1) is 32.6 Å². The second kappa shape index (κ2) is 9.43. The van der Waals surface area contributed by atoms with Gasteiger partial charge in [0, 0.05) is 7.11 Å². The van der Waals surface area contributed by atoms with Crippen LogP contribution in [-0.4, -0.2) is 43.4 Å². The summed E-state index contributed by atoms with van der Waals surface area (Å²) < 4.78 is 15.7. The highest BCUT2D eigenvalue weighted by atomic mass is 16.5. The number of methoxy groups -OCH3 is 2. The minimum Gasteiger partial charge on any atom is -0.494 e. The summed E-state index contributed by atoms with van der Waals surface area (Å²) in [6.45, 7) is 2.85. The lowest BCUT2D eigenvalue weighted by Crippen LogP contribution is -2.35. The molecule has 1 atom stereocenters. The Hall–Kier alpha value is -2.87. The molecule has 0 radical (unpaired) electrons. The number of carbonyl (C=O) groups excluding carboxylic acids is 1. The van der Waals surface area contributed by atoms with Gasteiger partial charge >= 0.3 is 6.03 Å². The van der Waals surface area contributed by atoms with E-state index < -0.39 is 6.03 Å². The van der Waals surface area contributed by atoms with Gasteiger partial charge in [0.25, 0.3) is 0 Å². The Morgan fingerprint density at radius 2 is 2.00 bits per heavy atom. The van der Waals surface area contributed by atoms with Crippen molar-refractivity contribution in [2.75, 3.05) is 32.8 Å². The van der Waals surface area contributed by atoms with Crippen LogP contribution in [0.3, 0.4) is 0 Å². The van der Waals surface area contributed by atoms with Gasteiger partial charge in [-0.25, -0.2) is 9.78 Å². The van der Waals surface area contributed by atoms with Gasteiger partial charge in [0.2, 0.25) is 5.88 Å². The van der Waals surface area contributed by atoms with Gasteiger partial charge in [-0.1, -0.05) is 12.1 Å². The Bertz CT molecular complexity index is 679. The Balaban J connectivity index is 2.06. The summed E-state index contributed by atoms with van der Waals surface area (Å²) in [5, 5.41) is 5.53. The normalized spacial score (nSPS) is 11.5. The zero-order valence-corrected chi connectivity index (χ0v) is 14.5. The first kappa shape index (κ1) is 18.5. The fraction of sp³-hybridized carbons (Fsp3) is 0.353. The SMILES string of the molecule is CCOc1ccc([C@@H](COC)NC(=O)Nc2cncnc2OC)cc1. The quantitative estimate of drug-likeness (QED) is 0.762. The molecule has 2 rings (SSSR count). The predicted octanol–water partition coefficient (Wildman–Crippen LogP) is 2.39. The highest BCUT2D eigenvalue weighted by molar-refractivity contribution is 5.90. The smallest absolute Gasteiger partial charge is 0.319 e. The molecule has 0 fully saturated rings. The molecule has 0 aliphatic rings. The highest BCUT2D eigenvalue weighted by Gasteiger charge is 2.16. The summed E-state index contributed by atoms with van der Waals surface area (Å²) in [5.41, 5.74) is 1.28. The summed E-state index contributed by atoms with van der Waals surface area (Å²) in [5.74, 6) is 1.06. The molecule has 1 heterocycles. The molecule has 2 amide bonds. The molecule has 0 unspecified atom stereocenters. The number of nitrogens with one attached hydrogen (secondary N) is 2. The van der Waals surface area contributed by atoms with Crippen LogP contribution in [0.4, 0.5) is 10.5 Å². The maximum absolute atomic E-state index is 12.3. The van der Waals surface area contributed by atoms with Crippen LogP contribution in [0.15, 0.2) is 36.8 Å². The van der Waals surface area contributed by atoms with Gasteiger partial charge in [-0.3, -0.25) is 0 Å². The zero-order chi connectivity index (χ0) is 18.1. The average molecular weight is 346 g/mol. The average Bonchev–Trinajstić information content (AvgIpc) is 2.63. The number of anilines is 1. The van der Waals surface area contributed by atoms with Gasteiger partial charge in [0.1, 0.15) is 17.8 Å². The van der Waals surface area contributed by atoms with Gasteiger partial charge in [-0.15, -0.1) is 0 Å². The topological polar surface area (TPSA) is 94.6 Å². The first-order valence-corrected chi connectivity index (χ1v) is 7.81. The molecule has 0 saturated carbocycles. The van der Waals surface area contributed by atoms with Crippen molar-refractivity contribution in [2.24, 2.45) is 0 Å². The molecule has 2 aromatic rings. The zero-order valence-electron chi connectivity index (χ0n) is 14.5. The molecule has 8 nitrogen and oxygen atoms in total. The molecule has 1 aromatic heterocycles. The van der Waals surface area contributed by atoms with E-state index in [2.05, 4.69) is 20.6 Å². The lowest BCUT2D eigenvalue weighted by Gasteiger charge is -2.19. The number of carbonyl (C=O) groups is 1. The lowest BCUT2D eigenvalue weighted by molar-refractivity contribution is 0.168. The second-order valence-corrected chi connectivity index (χ2v) is 5.05. The molecular formula is C17H22N4O4. The van der Waals surface area contributed by atoms with E-state index in [0.29, 0.717) is 18.9 Å². The molecule has 0 spiro atoms. The largest absolute Gasteiger partial charge is 0.494 e. The van der Waals surface area contributed by atoms with Crippen molar-refractivity contribution in [3.63, 3.8) is 0 Å². The van der Waals surface area contributed by atoms with Crippen LogP contribution in [0.1, 0.15) is 18.5 Å². The number of amides is 2. The van der Waals surface area contributed by atoms with Crippen LogP contribution in [0, 0.1) is 0 Å². The fourth-order valence-corrected chi connectivity index (χ4v) is 2.23. The number of ether oxygens (including phenoxy) is 3. The van der Waals surface area contributed by atoms with E-state index >= 15 is 0 Å². The van der Waals surface area contributed by atoms with E-state index in [1.165, 1.54) is 19.6 Å². The van der Waals surface area contributed by atoms with Crippen molar-refractivity contribution >= 4 is 11.7 Å². The Labute approximate surface area is 146 Å². The lowest BCUT2D eigenvalue weighted by atomic mass is 10.1. The first-order valence-electron chi connectivity index (χ1n) is 7.81. The molecule has 1 aromatic carbocycles. The summed E-state index contributed by atoms with van der Waals surface area (Å²) >= 11 is 0. The van der Waals surface area contributed by atoms with E-state index in [1.54, 1.807) is 7.11 Å². The van der Waals surface area contributed by atoms with Crippen molar-refractivity contribution in [1.29, 1.82) is 0 Å². The minimum atomic E-state index is -0.413. The van der Waals surface area contributed by atoms with Gasteiger partial charge in [-0.05, 0) is 24.6 Å². The van der Waals surface area contributed by atoms with Crippen LogP contribution < -0.4 is 20.1 Å². The van der Waals surface area contributed by atoms with Crippen molar-refractivity contribution in [3.8, 4) is 11.6 Å². The van der Waals surface area contributed by atoms with Crippen molar-refractivity contribution < 1.29 is 19.0 Å². The number of nitrogens with zero attached hydrogens (tertiary/aromatic N) is 2. The van der Waals surface area contributed by atoms with Crippen LogP contribution in [0.2, 0.25) is 0 Å². The van der Waals surface area contributed by atoms with Gasteiger partial charge in [-0.2, -0.15) is 4.98 Å².